The van der Waals surface area contributed by atoms with Crippen LogP contribution in [0.2, 0.25) is 0 Å². The second-order valence-corrected chi connectivity index (χ2v) is 11.4. The van der Waals surface area contributed by atoms with E-state index >= 15 is 0 Å². The molecular formula is C27H32N4O4S2. The van der Waals surface area contributed by atoms with Crippen molar-refractivity contribution in [2.24, 2.45) is 0 Å². The van der Waals surface area contributed by atoms with E-state index in [4.69, 9.17) is 9.47 Å². The molecule has 4 rings (SSSR count). The highest BCUT2D eigenvalue weighted by Gasteiger charge is 2.17. The van der Waals surface area contributed by atoms with Crippen LogP contribution in [-0.4, -0.2) is 39.2 Å². The number of sulfonamides is 1. The molecule has 2 aromatic heterocycles. The van der Waals surface area contributed by atoms with E-state index in [1.54, 1.807) is 32.4 Å². The Kier molecular flexibility index (Phi) is 8.63. The Morgan fingerprint density at radius 2 is 1.86 bits per heavy atom. The van der Waals surface area contributed by atoms with Crippen molar-refractivity contribution >= 4 is 36.7 Å². The number of nitrogens with one attached hydrogen (secondary N) is 2. The Balaban J connectivity index is 1.41. The van der Waals surface area contributed by atoms with Crippen molar-refractivity contribution in [2.45, 2.75) is 44.0 Å². The lowest BCUT2D eigenvalue weighted by atomic mass is 10.1. The Hall–Kier alpha value is -3.21. The number of methoxy groups -OCH3 is 2. The molecule has 0 bridgehead atoms. The minimum atomic E-state index is -3.66. The second-order valence-electron chi connectivity index (χ2n) is 8.64. The molecule has 0 saturated carbocycles. The first-order chi connectivity index (χ1) is 17.8. The van der Waals surface area contributed by atoms with E-state index in [0.717, 1.165) is 50.2 Å². The minimum absolute atomic E-state index is 0.0218. The van der Waals surface area contributed by atoms with Gasteiger partial charge in [0, 0.05) is 12.2 Å². The van der Waals surface area contributed by atoms with E-state index in [0.29, 0.717) is 19.4 Å². The summed E-state index contributed by atoms with van der Waals surface area (Å²) in [5, 5.41) is 4.19. The number of fused-ring (bicyclic) bond motifs is 1. The summed E-state index contributed by atoms with van der Waals surface area (Å²) in [5.41, 5.74) is 3.65. The van der Waals surface area contributed by atoms with Crippen molar-refractivity contribution in [1.82, 2.24) is 14.7 Å². The number of hydrogen-bond acceptors (Lipinski definition) is 8. The van der Waals surface area contributed by atoms with E-state index in [9.17, 15) is 8.42 Å². The van der Waals surface area contributed by atoms with Gasteiger partial charge < -0.3 is 14.8 Å². The van der Waals surface area contributed by atoms with Crippen LogP contribution < -0.4 is 19.5 Å². The Bertz CT molecular complexity index is 1470. The van der Waals surface area contributed by atoms with Crippen LogP contribution in [-0.2, 0) is 16.4 Å². The molecule has 196 valence electrons. The summed E-state index contributed by atoms with van der Waals surface area (Å²) >= 11 is 1.44. The van der Waals surface area contributed by atoms with E-state index < -0.39 is 10.0 Å². The van der Waals surface area contributed by atoms with Gasteiger partial charge in [0.2, 0.25) is 10.0 Å². The van der Waals surface area contributed by atoms with E-state index in [1.165, 1.54) is 11.3 Å². The zero-order valence-electron chi connectivity index (χ0n) is 21.4. The van der Waals surface area contributed by atoms with Crippen molar-refractivity contribution < 1.29 is 17.9 Å². The van der Waals surface area contributed by atoms with Gasteiger partial charge >= 0.3 is 0 Å². The molecule has 37 heavy (non-hydrogen) atoms. The summed E-state index contributed by atoms with van der Waals surface area (Å²) in [5.74, 6) is 1.50. The van der Waals surface area contributed by atoms with Crippen LogP contribution in [0.1, 0.15) is 42.8 Å². The molecular weight excluding hydrogens is 508 g/mol. The molecule has 0 amide bonds. The standard InChI is InChI=1S/C27H32N4O4S2/c1-5-22(23-10-6-8-18(2)29-23)30-27-31-24-13-12-21(17-26(24)36-27)37(32,33)28-15-7-9-19-16-20(34-3)11-14-25(19)35-4/h6,8,10-14,16-17,22,28H,5,7,9,15H2,1-4H3,(H,30,31). The summed E-state index contributed by atoms with van der Waals surface area (Å²) < 4.78 is 40.1. The lowest BCUT2D eigenvalue weighted by Crippen LogP contribution is -2.25. The average Bonchev–Trinajstić information content (AvgIpc) is 3.31. The first-order valence-corrected chi connectivity index (χ1v) is 14.4. The highest BCUT2D eigenvalue weighted by atomic mass is 32.2. The monoisotopic (exact) mass is 540 g/mol. The second kappa shape index (κ2) is 11.9. The summed E-state index contributed by atoms with van der Waals surface area (Å²) in [6, 6.07) is 16.6. The molecule has 0 aliphatic heterocycles. The minimum Gasteiger partial charge on any atom is -0.497 e. The molecule has 1 atom stereocenters. The molecule has 0 aliphatic rings. The first kappa shape index (κ1) is 26.8. The average molecular weight is 541 g/mol. The Morgan fingerprint density at radius 3 is 2.59 bits per heavy atom. The molecule has 2 heterocycles. The normalized spacial score (nSPS) is 12.4. The van der Waals surface area contributed by atoms with Gasteiger partial charge in [-0.05, 0) is 80.3 Å². The predicted octanol–water partition coefficient (Wildman–Crippen LogP) is 5.49. The van der Waals surface area contributed by atoms with Crippen molar-refractivity contribution in [2.75, 3.05) is 26.1 Å². The third-order valence-electron chi connectivity index (χ3n) is 6.05. The number of benzene rings is 2. The maximum absolute atomic E-state index is 13.0. The molecule has 1 unspecified atom stereocenters. The summed E-state index contributed by atoms with van der Waals surface area (Å²) in [7, 11) is -0.428. The number of pyridine rings is 1. The third-order valence-corrected chi connectivity index (χ3v) is 8.45. The molecule has 4 aromatic rings. The van der Waals surface area contributed by atoms with Crippen molar-refractivity contribution in [3.63, 3.8) is 0 Å². The summed E-state index contributed by atoms with van der Waals surface area (Å²) in [6.07, 6.45) is 2.11. The van der Waals surface area contributed by atoms with Crippen molar-refractivity contribution in [1.29, 1.82) is 0 Å². The fourth-order valence-corrected chi connectivity index (χ4v) is 6.20. The lowest BCUT2D eigenvalue weighted by molar-refractivity contribution is 0.398. The van der Waals surface area contributed by atoms with Gasteiger partial charge in [-0.15, -0.1) is 0 Å². The zero-order chi connectivity index (χ0) is 26.4. The zero-order valence-corrected chi connectivity index (χ0v) is 23.1. The van der Waals surface area contributed by atoms with Gasteiger partial charge in [-0.2, -0.15) is 0 Å². The number of hydrogen-bond donors (Lipinski definition) is 2. The molecule has 2 N–H and O–H groups in total. The summed E-state index contributed by atoms with van der Waals surface area (Å²) in [6.45, 7) is 4.37. The number of thiazole rings is 1. The van der Waals surface area contributed by atoms with E-state index in [1.807, 2.05) is 43.3 Å². The van der Waals surface area contributed by atoms with Gasteiger partial charge in [0.25, 0.3) is 0 Å². The highest BCUT2D eigenvalue weighted by Crippen LogP contribution is 2.31. The first-order valence-electron chi connectivity index (χ1n) is 12.1. The van der Waals surface area contributed by atoms with Gasteiger partial charge in [0.05, 0.1) is 41.1 Å². The van der Waals surface area contributed by atoms with Gasteiger partial charge in [0.15, 0.2) is 5.13 Å². The topological polar surface area (TPSA) is 102 Å². The fraction of sp³-hybridized carbons (Fsp3) is 0.333. The SMILES string of the molecule is CCC(Nc1nc2ccc(S(=O)(=O)NCCCc3cc(OC)ccc3OC)cc2s1)c1cccc(C)n1. The number of aryl methyl sites for hydroxylation is 2. The van der Waals surface area contributed by atoms with Gasteiger partial charge in [-0.3, -0.25) is 4.98 Å². The molecule has 2 aromatic carbocycles. The van der Waals surface area contributed by atoms with E-state index in [2.05, 4.69) is 26.9 Å². The Morgan fingerprint density at radius 1 is 1.03 bits per heavy atom. The largest absolute Gasteiger partial charge is 0.497 e. The van der Waals surface area contributed by atoms with Crippen LogP contribution in [0.4, 0.5) is 5.13 Å². The predicted molar refractivity (Wildman–Crippen MR) is 148 cm³/mol. The van der Waals surface area contributed by atoms with Crippen LogP contribution in [0.15, 0.2) is 59.5 Å². The van der Waals surface area contributed by atoms with Crippen molar-refractivity contribution in [3.8, 4) is 11.5 Å². The number of ether oxygens (including phenoxy) is 2. The maximum atomic E-state index is 13.0. The fourth-order valence-electron chi connectivity index (χ4n) is 4.07. The van der Waals surface area contributed by atoms with Crippen LogP contribution in [0.3, 0.4) is 0 Å². The smallest absolute Gasteiger partial charge is 0.240 e. The molecule has 0 spiro atoms. The molecule has 0 fully saturated rings. The van der Waals surface area contributed by atoms with Gasteiger partial charge in [-0.25, -0.2) is 18.1 Å². The maximum Gasteiger partial charge on any atom is 0.240 e. The number of anilines is 1. The molecule has 10 heteroatoms. The lowest BCUT2D eigenvalue weighted by Gasteiger charge is -2.15. The number of aromatic nitrogens is 2. The highest BCUT2D eigenvalue weighted by molar-refractivity contribution is 7.89. The number of nitrogens with zero attached hydrogens (tertiary/aromatic N) is 2. The van der Waals surface area contributed by atoms with Crippen LogP contribution in [0.25, 0.3) is 10.2 Å². The van der Waals surface area contributed by atoms with Crippen molar-refractivity contribution in [3.05, 3.63) is 71.5 Å². The third kappa shape index (κ3) is 6.57. The van der Waals surface area contributed by atoms with Crippen LogP contribution in [0, 0.1) is 6.92 Å². The molecule has 8 nitrogen and oxygen atoms in total. The molecule has 0 saturated heterocycles. The van der Waals surface area contributed by atoms with Gasteiger partial charge in [-0.1, -0.05) is 24.3 Å². The molecule has 0 radical (unpaired) electrons. The van der Waals surface area contributed by atoms with Crippen LogP contribution in [0.5, 0.6) is 11.5 Å². The molecule has 0 aliphatic carbocycles. The van der Waals surface area contributed by atoms with Crippen LogP contribution >= 0.6 is 11.3 Å². The summed E-state index contributed by atoms with van der Waals surface area (Å²) in [4.78, 5) is 9.50. The van der Waals surface area contributed by atoms with E-state index in [-0.39, 0.29) is 10.9 Å². The number of rotatable bonds is 12. The quantitative estimate of drug-likeness (QED) is 0.229. The Labute approximate surface area is 222 Å². The van der Waals surface area contributed by atoms with Gasteiger partial charge in [0.1, 0.15) is 11.5 Å².